The number of amides is 2. The van der Waals surface area contributed by atoms with Gasteiger partial charge in [0.1, 0.15) is 0 Å². The second-order valence-corrected chi connectivity index (χ2v) is 6.94. The van der Waals surface area contributed by atoms with E-state index in [-0.39, 0.29) is 23.8 Å². The molecule has 26 heavy (non-hydrogen) atoms. The van der Waals surface area contributed by atoms with Crippen LogP contribution in [-0.2, 0) is 4.79 Å². The van der Waals surface area contributed by atoms with Crippen LogP contribution in [0.15, 0.2) is 18.3 Å². The SMILES string of the molecule is CCOc1cccnc1C(=O)N1CCCC(CNC(=O)C2CCCN2)C1. The van der Waals surface area contributed by atoms with Crippen molar-refractivity contribution in [2.45, 2.75) is 38.6 Å². The first-order valence-corrected chi connectivity index (χ1v) is 9.57. The molecule has 0 aliphatic carbocycles. The van der Waals surface area contributed by atoms with Crippen molar-refractivity contribution >= 4 is 11.8 Å². The molecule has 3 rings (SSSR count). The molecule has 3 heterocycles. The van der Waals surface area contributed by atoms with E-state index in [2.05, 4.69) is 15.6 Å². The van der Waals surface area contributed by atoms with E-state index in [4.69, 9.17) is 4.74 Å². The lowest BCUT2D eigenvalue weighted by Crippen LogP contribution is -2.46. The van der Waals surface area contributed by atoms with Crippen LogP contribution in [0.4, 0.5) is 0 Å². The van der Waals surface area contributed by atoms with Crippen LogP contribution in [0.25, 0.3) is 0 Å². The van der Waals surface area contributed by atoms with Crippen LogP contribution in [-0.4, -0.2) is 60.5 Å². The molecule has 0 bridgehead atoms. The van der Waals surface area contributed by atoms with Crippen molar-refractivity contribution in [1.82, 2.24) is 20.5 Å². The lowest BCUT2D eigenvalue weighted by molar-refractivity contribution is -0.123. The molecule has 2 saturated heterocycles. The van der Waals surface area contributed by atoms with Crippen molar-refractivity contribution in [3.63, 3.8) is 0 Å². The second kappa shape index (κ2) is 8.98. The summed E-state index contributed by atoms with van der Waals surface area (Å²) in [5, 5.41) is 6.26. The molecular formula is C19H28N4O3. The summed E-state index contributed by atoms with van der Waals surface area (Å²) in [5.74, 6) is 0.789. The quantitative estimate of drug-likeness (QED) is 0.796. The fraction of sp³-hybridized carbons (Fsp3) is 0.632. The van der Waals surface area contributed by atoms with Crippen LogP contribution in [0.2, 0.25) is 0 Å². The fourth-order valence-electron chi connectivity index (χ4n) is 3.67. The molecule has 0 radical (unpaired) electrons. The molecule has 7 nitrogen and oxygen atoms in total. The first-order chi connectivity index (χ1) is 12.7. The van der Waals surface area contributed by atoms with Gasteiger partial charge < -0.3 is 20.3 Å². The average molecular weight is 360 g/mol. The number of carbonyl (C=O) groups is 2. The number of piperidine rings is 1. The summed E-state index contributed by atoms with van der Waals surface area (Å²) in [6.07, 6.45) is 5.52. The van der Waals surface area contributed by atoms with Crippen LogP contribution in [0.5, 0.6) is 5.75 Å². The van der Waals surface area contributed by atoms with Crippen LogP contribution in [0.3, 0.4) is 0 Å². The Hall–Kier alpha value is -2.15. The molecule has 1 aromatic rings. The van der Waals surface area contributed by atoms with Gasteiger partial charge in [0, 0.05) is 25.8 Å². The molecule has 142 valence electrons. The minimum absolute atomic E-state index is 0.0569. The fourth-order valence-corrected chi connectivity index (χ4v) is 3.67. The van der Waals surface area contributed by atoms with E-state index in [0.29, 0.717) is 31.1 Å². The minimum atomic E-state index is -0.0949. The van der Waals surface area contributed by atoms with E-state index < -0.39 is 0 Å². The molecule has 2 fully saturated rings. The van der Waals surface area contributed by atoms with Gasteiger partial charge in [0.15, 0.2) is 11.4 Å². The molecule has 2 unspecified atom stereocenters. The van der Waals surface area contributed by atoms with Gasteiger partial charge in [-0.2, -0.15) is 0 Å². The Morgan fingerprint density at radius 1 is 1.38 bits per heavy atom. The number of hydrogen-bond acceptors (Lipinski definition) is 5. The first kappa shape index (κ1) is 18.6. The number of nitrogens with one attached hydrogen (secondary N) is 2. The molecule has 0 spiro atoms. The van der Waals surface area contributed by atoms with Gasteiger partial charge in [0.2, 0.25) is 5.91 Å². The Bertz CT molecular complexity index is 631. The largest absolute Gasteiger partial charge is 0.491 e. The predicted molar refractivity (Wildman–Crippen MR) is 98.1 cm³/mol. The summed E-state index contributed by atoms with van der Waals surface area (Å²) >= 11 is 0. The summed E-state index contributed by atoms with van der Waals surface area (Å²) in [6.45, 7) is 5.27. The summed E-state index contributed by atoms with van der Waals surface area (Å²) in [7, 11) is 0. The smallest absolute Gasteiger partial charge is 0.276 e. The molecule has 7 heteroatoms. The summed E-state index contributed by atoms with van der Waals surface area (Å²) in [4.78, 5) is 31.1. The molecule has 2 N–H and O–H groups in total. The number of likely N-dealkylation sites (tertiary alicyclic amines) is 1. The highest BCUT2D eigenvalue weighted by atomic mass is 16.5. The maximum Gasteiger partial charge on any atom is 0.276 e. The number of ether oxygens (including phenoxy) is 1. The number of rotatable bonds is 6. The van der Waals surface area contributed by atoms with Gasteiger partial charge in [0.05, 0.1) is 12.6 Å². The number of pyridine rings is 1. The van der Waals surface area contributed by atoms with E-state index in [1.165, 1.54) is 0 Å². The van der Waals surface area contributed by atoms with Crippen molar-refractivity contribution in [3.8, 4) is 5.75 Å². The Morgan fingerprint density at radius 2 is 2.27 bits per heavy atom. The van der Waals surface area contributed by atoms with Crippen molar-refractivity contribution in [2.75, 3.05) is 32.8 Å². The van der Waals surface area contributed by atoms with Gasteiger partial charge in [0.25, 0.3) is 5.91 Å². The van der Waals surface area contributed by atoms with E-state index in [1.807, 2.05) is 11.8 Å². The standard InChI is InChI=1S/C19H28N4O3/c1-2-26-16-8-4-10-21-17(16)19(25)23-11-5-6-14(13-23)12-22-18(24)15-7-3-9-20-15/h4,8,10,14-15,20H,2-3,5-7,9,11-13H2,1H3,(H,22,24). The monoisotopic (exact) mass is 360 g/mol. The zero-order chi connectivity index (χ0) is 18.4. The minimum Gasteiger partial charge on any atom is -0.491 e. The third-order valence-corrected chi connectivity index (χ3v) is 5.02. The van der Waals surface area contributed by atoms with Crippen LogP contribution >= 0.6 is 0 Å². The lowest BCUT2D eigenvalue weighted by atomic mass is 9.97. The molecule has 2 amide bonds. The van der Waals surface area contributed by atoms with E-state index >= 15 is 0 Å². The maximum atomic E-state index is 12.9. The third kappa shape index (κ3) is 4.52. The number of carbonyl (C=O) groups excluding carboxylic acids is 2. The molecule has 2 atom stereocenters. The zero-order valence-electron chi connectivity index (χ0n) is 15.4. The normalized spacial score (nSPS) is 22.9. The zero-order valence-corrected chi connectivity index (χ0v) is 15.4. The van der Waals surface area contributed by atoms with Gasteiger partial charge >= 0.3 is 0 Å². The predicted octanol–water partition coefficient (Wildman–Crippen LogP) is 1.20. The maximum absolute atomic E-state index is 12.9. The van der Waals surface area contributed by atoms with Crippen molar-refractivity contribution in [3.05, 3.63) is 24.0 Å². The van der Waals surface area contributed by atoms with Crippen molar-refractivity contribution in [2.24, 2.45) is 5.92 Å². The molecule has 0 aromatic carbocycles. The van der Waals surface area contributed by atoms with Crippen LogP contribution < -0.4 is 15.4 Å². The number of nitrogens with zero attached hydrogens (tertiary/aromatic N) is 2. The molecule has 0 saturated carbocycles. The number of aromatic nitrogens is 1. The molecule has 2 aliphatic rings. The summed E-state index contributed by atoms with van der Waals surface area (Å²) in [6, 6.07) is 3.49. The second-order valence-electron chi connectivity index (χ2n) is 6.94. The third-order valence-electron chi connectivity index (χ3n) is 5.02. The van der Waals surface area contributed by atoms with E-state index in [9.17, 15) is 9.59 Å². The Morgan fingerprint density at radius 3 is 3.04 bits per heavy atom. The average Bonchev–Trinajstić information content (AvgIpc) is 3.21. The van der Waals surface area contributed by atoms with Gasteiger partial charge in [-0.05, 0) is 57.2 Å². The van der Waals surface area contributed by atoms with Gasteiger partial charge in [-0.25, -0.2) is 4.98 Å². The van der Waals surface area contributed by atoms with Gasteiger partial charge in [-0.1, -0.05) is 0 Å². The van der Waals surface area contributed by atoms with E-state index in [1.54, 1.807) is 18.3 Å². The molecule has 2 aliphatic heterocycles. The van der Waals surface area contributed by atoms with Crippen LogP contribution in [0.1, 0.15) is 43.1 Å². The Balaban J connectivity index is 1.56. The topological polar surface area (TPSA) is 83.6 Å². The number of hydrogen-bond donors (Lipinski definition) is 2. The highest BCUT2D eigenvalue weighted by Gasteiger charge is 2.28. The highest BCUT2D eigenvalue weighted by molar-refractivity contribution is 5.95. The Kier molecular flexibility index (Phi) is 6.44. The summed E-state index contributed by atoms with van der Waals surface area (Å²) < 4.78 is 5.54. The summed E-state index contributed by atoms with van der Waals surface area (Å²) in [5.41, 5.74) is 0.370. The van der Waals surface area contributed by atoms with Gasteiger partial charge in [-0.15, -0.1) is 0 Å². The van der Waals surface area contributed by atoms with Gasteiger partial charge in [-0.3, -0.25) is 9.59 Å². The van der Waals surface area contributed by atoms with Crippen molar-refractivity contribution < 1.29 is 14.3 Å². The van der Waals surface area contributed by atoms with Crippen LogP contribution in [0, 0.1) is 5.92 Å². The van der Waals surface area contributed by atoms with Crippen molar-refractivity contribution in [1.29, 1.82) is 0 Å². The molecule has 1 aromatic heterocycles. The molecular weight excluding hydrogens is 332 g/mol. The van der Waals surface area contributed by atoms with E-state index in [0.717, 1.165) is 38.8 Å². The first-order valence-electron chi connectivity index (χ1n) is 9.57. The Labute approximate surface area is 154 Å². The lowest BCUT2D eigenvalue weighted by Gasteiger charge is -2.33. The highest BCUT2D eigenvalue weighted by Crippen LogP contribution is 2.22.